The summed E-state index contributed by atoms with van der Waals surface area (Å²) in [5, 5.41) is 0.959. The number of halogens is 2. The van der Waals surface area contributed by atoms with Crippen LogP contribution in [0.4, 0.5) is 4.39 Å². The quantitative estimate of drug-likeness (QED) is 0.433. The Morgan fingerprint density at radius 3 is 2.76 bits per heavy atom. The highest BCUT2D eigenvalue weighted by molar-refractivity contribution is 9.09. The van der Waals surface area contributed by atoms with E-state index < -0.39 is 5.82 Å². The van der Waals surface area contributed by atoms with Crippen molar-refractivity contribution in [2.45, 2.75) is 25.7 Å². The van der Waals surface area contributed by atoms with Crippen LogP contribution in [-0.4, -0.2) is 18.2 Å². The van der Waals surface area contributed by atoms with Gasteiger partial charge in [-0.3, -0.25) is 4.79 Å². The number of carbonyl (C=O) groups is 1. The summed E-state index contributed by atoms with van der Waals surface area (Å²) in [6, 6.07) is 4.01. The van der Waals surface area contributed by atoms with E-state index >= 15 is 0 Å². The summed E-state index contributed by atoms with van der Waals surface area (Å²) in [6.45, 7) is 0. The Balaban J connectivity index is 2.62. The van der Waals surface area contributed by atoms with Crippen molar-refractivity contribution in [1.82, 2.24) is 0 Å². The van der Waals surface area contributed by atoms with Crippen LogP contribution in [0.15, 0.2) is 18.2 Å². The Bertz CT molecular complexity index is 380. The van der Waals surface area contributed by atoms with Gasteiger partial charge in [0.15, 0.2) is 5.78 Å². The van der Waals surface area contributed by atoms with Crippen LogP contribution in [0.5, 0.6) is 5.75 Å². The fourth-order valence-corrected chi connectivity index (χ4v) is 1.98. The highest BCUT2D eigenvalue weighted by Crippen LogP contribution is 2.22. The molecule has 1 aromatic rings. The summed E-state index contributed by atoms with van der Waals surface area (Å²) >= 11 is 3.35. The lowest BCUT2D eigenvalue weighted by atomic mass is 10.0. The monoisotopic (exact) mass is 302 g/mol. The number of ether oxygens (including phenoxy) is 1. The SMILES string of the molecule is COc1cc(F)ccc1C(=O)CCCCCBr. The summed E-state index contributed by atoms with van der Waals surface area (Å²) in [4.78, 5) is 11.9. The third kappa shape index (κ3) is 4.46. The number of unbranched alkanes of at least 4 members (excludes halogenated alkanes) is 2. The molecule has 0 aliphatic rings. The van der Waals surface area contributed by atoms with Gasteiger partial charge in [0.25, 0.3) is 0 Å². The standard InChI is InChI=1S/C13H16BrFO2/c1-17-13-9-10(15)6-7-11(13)12(16)5-3-2-4-8-14/h6-7,9H,2-5,8H2,1H3. The van der Waals surface area contributed by atoms with Crippen molar-refractivity contribution in [2.75, 3.05) is 12.4 Å². The van der Waals surface area contributed by atoms with Crippen LogP contribution in [0.2, 0.25) is 0 Å². The molecule has 0 saturated carbocycles. The van der Waals surface area contributed by atoms with Gasteiger partial charge in [-0.15, -0.1) is 0 Å². The third-order valence-corrected chi connectivity index (χ3v) is 3.06. The highest BCUT2D eigenvalue weighted by Gasteiger charge is 2.12. The first kappa shape index (κ1) is 14.2. The number of Topliss-reactive ketones (excluding diaryl/α,β-unsaturated/α-hetero) is 1. The van der Waals surface area contributed by atoms with E-state index in [0.717, 1.165) is 24.6 Å². The number of ketones is 1. The van der Waals surface area contributed by atoms with Crippen LogP contribution in [0, 0.1) is 5.82 Å². The van der Waals surface area contributed by atoms with Crippen molar-refractivity contribution >= 4 is 21.7 Å². The smallest absolute Gasteiger partial charge is 0.166 e. The lowest BCUT2D eigenvalue weighted by molar-refractivity contribution is 0.0976. The number of hydrogen-bond donors (Lipinski definition) is 0. The number of hydrogen-bond acceptors (Lipinski definition) is 2. The molecule has 0 saturated heterocycles. The molecule has 0 radical (unpaired) electrons. The van der Waals surface area contributed by atoms with Crippen molar-refractivity contribution < 1.29 is 13.9 Å². The predicted octanol–water partition coefficient (Wildman–Crippen LogP) is 3.97. The molecule has 4 heteroatoms. The molecule has 0 atom stereocenters. The van der Waals surface area contributed by atoms with Crippen LogP contribution in [-0.2, 0) is 0 Å². The first-order chi connectivity index (χ1) is 8.19. The van der Waals surface area contributed by atoms with Gasteiger partial charge in [-0.05, 0) is 25.0 Å². The lowest BCUT2D eigenvalue weighted by Gasteiger charge is -2.07. The third-order valence-electron chi connectivity index (χ3n) is 2.50. The zero-order valence-corrected chi connectivity index (χ0v) is 11.4. The van der Waals surface area contributed by atoms with Gasteiger partial charge < -0.3 is 4.74 Å². The maximum atomic E-state index is 13.0. The Labute approximate surface area is 109 Å². The molecule has 0 aliphatic heterocycles. The first-order valence-corrected chi connectivity index (χ1v) is 6.74. The maximum Gasteiger partial charge on any atom is 0.166 e. The minimum atomic E-state index is -0.391. The maximum absolute atomic E-state index is 13.0. The molecule has 0 spiro atoms. The van der Waals surface area contributed by atoms with Gasteiger partial charge >= 0.3 is 0 Å². The van der Waals surface area contributed by atoms with Crippen molar-refractivity contribution in [3.8, 4) is 5.75 Å². The Kier molecular flexibility index (Phi) is 6.19. The average Bonchev–Trinajstić information content (AvgIpc) is 2.34. The lowest BCUT2D eigenvalue weighted by Crippen LogP contribution is -2.02. The van der Waals surface area contributed by atoms with E-state index in [0.29, 0.717) is 17.7 Å². The second kappa shape index (κ2) is 7.43. The van der Waals surface area contributed by atoms with E-state index in [9.17, 15) is 9.18 Å². The molecule has 0 amide bonds. The molecular formula is C13H16BrFO2. The van der Waals surface area contributed by atoms with Crippen LogP contribution in [0.25, 0.3) is 0 Å². The zero-order chi connectivity index (χ0) is 12.7. The number of carbonyl (C=O) groups excluding carboxylic acids is 1. The Morgan fingerprint density at radius 1 is 1.35 bits per heavy atom. The topological polar surface area (TPSA) is 26.3 Å². The number of alkyl halides is 1. The molecule has 2 nitrogen and oxygen atoms in total. The molecule has 1 aromatic carbocycles. The Morgan fingerprint density at radius 2 is 2.12 bits per heavy atom. The molecule has 0 fully saturated rings. The molecule has 0 unspecified atom stereocenters. The summed E-state index contributed by atoms with van der Waals surface area (Å²) in [7, 11) is 1.44. The molecule has 0 aromatic heterocycles. The minimum absolute atomic E-state index is 0.0106. The van der Waals surface area contributed by atoms with Gasteiger partial charge in [-0.25, -0.2) is 4.39 Å². The molecule has 0 bridgehead atoms. The van der Waals surface area contributed by atoms with E-state index in [1.807, 2.05) is 0 Å². The van der Waals surface area contributed by atoms with Crippen molar-refractivity contribution in [1.29, 1.82) is 0 Å². The average molecular weight is 303 g/mol. The summed E-state index contributed by atoms with van der Waals surface area (Å²) in [5.74, 6) is -0.0652. The van der Waals surface area contributed by atoms with Gasteiger partial charge in [0.1, 0.15) is 11.6 Å². The van der Waals surface area contributed by atoms with Crippen LogP contribution in [0.1, 0.15) is 36.0 Å². The predicted molar refractivity (Wildman–Crippen MR) is 69.5 cm³/mol. The van der Waals surface area contributed by atoms with Crippen molar-refractivity contribution in [3.63, 3.8) is 0 Å². The molecule has 94 valence electrons. The fourth-order valence-electron chi connectivity index (χ4n) is 1.59. The minimum Gasteiger partial charge on any atom is -0.496 e. The summed E-state index contributed by atoms with van der Waals surface area (Å²) in [5.41, 5.74) is 0.466. The van der Waals surface area contributed by atoms with Crippen LogP contribution < -0.4 is 4.74 Å². The second-order valence-electron chi connectivity index (χ2n) is 3.77. The van der Waals surface area contributed by atoms with Gasteiger partial charge in [0, 0.05) is 17.8 Å². The van der Waals surface area contributed by atoms with Crippen molar-refractivity contribution in [3.05, 3.63) is 29.6 Å². The van der Waals surface area contributed by atoms with E-state index in [2.05, 4.69) is 15.9 Å². The summed E-state index contributed by atoms with van der Waals surface area (Å²) < 4.78 is 18.0. The fraction of sp³-hybridized carbons (Fsp3) is 0.462. The zero-order valence-electron chi connectivity index (χ0n) is 9.84. The molecule has 1 rings (SSSR count). The molecule has 17 heavy (non-hydrogen) atoms. The van der Waals surface area contributed by atoms with E-state index in [-0.39, 0.29) is 5.78 Å². The van der Waals surface area contributed by atoms with Gasteiger partial charge in [-0.2, -0.15) is 0 Å². The second-order valence-corrected chi connectivity index (χ2v) is 4.56. The van der Waals surface area contributed by atoms with E-state index in [4.69, 9.17) is 4.74 Å². The number of rotatable bonds is 7. The molecule has 0 aliphatic carbocycles. The van der Waals surface area contributed by atoms with E-state index in [1.54, 1.807) is 0 Å². The normalized spacial score (nSPS) is 10.3. The molecule has 0 N–H and O–H groups in total. The van der Waals surface area contributed by atoms with E-state index in [1.165, 1.54) is 25.3 Å². The van der Waals surface area contributed by atoms with Gasteiger partial charge in [0.2, 0.25) is 0 Å². The largest absolute Gasteiger partial charge is 0.496 e. The first-order valence-electron chi connectivity index (χ1n) is 5.61. The Hall–Kier alpha value is -0.900. The highest BCUT2D eigenvalue weighted by atomic mass is 79.9. The van der Waals surface area contributed by atoms with Crippen LogP contribution in [0.3, 0.4) is 0 Å². The summed E-state index contributed by atoms with van der Waals surface area (Å²) in [6.07, 6.45) is 3.41. The molecule has 0 heterocycles. The number of benzene rings is 1. The van der Waals surface area contributed by atoms with Crippen molar-refractivity contribution in [2.24, 2.45) is 0 Å². The number of methoxy groups -OCH3 is 1. The van der Waals surface area contributed by atoms with Gasteiger partial charge in [-0.1, -0.05) is 22.4 Å². The van der Waals surface area contributed by atoms with Crippen LogP contribution >= 0.6 is 15.9 Å². The molecular weight excluding hydrogens is 287 g/mol. The van der Waals surface area contributed by atoms with Gasteiger partial charge in [0.05, 0.1) is 12.7 Å².